The Labute approximate surface area is 76.0 Å². The van der Waals surface area contributed by atoms with Crippen molar-refractivity contribution in [2.24, 2.45) is 5.73 Å². The minimum atomic E-state index is -0.0114. The summed E-state index contributed by atoms with van der Waals surface area (Å²) >= 11 is 5.84. The maximum Gasteiger partial charge on any atom is 0.124 e. The average Bonchev–Trinajstić information content (AvgIpc) is 2.03. The van der Waals surface area contributed by atoms with Crippen LogP contribution in [0.3, 0.4) is 0 Å². The molecule has 3 nitrogen and oxygen atoms in total. The lowest BCUT2D eigenvalue weighted by Crippen LogP contribution is -2.11. The van der Waals surface area contributed by atoms with Crippen LogP contribution in [0.4, 0.5) is 5.69 Å². The molecule has 1 rings (SSSR count). The molecular weight excluding hydrogens is 174 g/mol. The van der Waals surface area contributed by atoms with Gasteiger partial charge in [0, 0.05) is 18.3 Å². The molecule has 0 saturated carbocycles. The third kappa shape index (κ3) is 1.68. The zero-order valence-electron chi connectivity index (χ0n) is 6.69. The van der Waals surface area contributed by atoms with Gasteiger partial charge in [-0.1, -0.05) is 11.6 Å². The maximum absolute atomic E-state index is 7.18. The normalized spacial score (nSPS) is 9.50. The van der Waals surface area contributed by atoms with E-state index in [2.05, 4.69) is 5.32 Å². The fourth-order valence-corrected chi connectivity index (χ4v) is 1.17. The number of nitrogens with one attached hydrogen (secondary N) is 2. The number of hydrogen-bond acceptors (Lipinski definition) is 2. The van der Waals surface area contributed by atoms with E-state index in [1.54, 1.807) is 19.2 Å². The lowest BCUT2D eigenvalue weighted by molar-refractivity contribution is 1.42. The summed E-state index contributed by atoms with van der Waals surface area (Å²) in [5.74, 6) is -0.0114. The van der Waals surface area contributed by atoms with Crippen LogP contribution in [0.5, 0.6) is 0 Å². The molecule has 0 fully saturated rings. The van der Waals surface area contributed by atoms with Crippen molar-refractivity contribution in [3.05, 3.63) is 28.8 Å². The Morgan fingerprint density at radius 3 is 2.67 bits per heavy atom. The summed E-state index contributed by atoms with van der Waals surface area (Å²) in [6, 6.07) is 5.28. The van der Waals surface area contributed by atoms with Gasteiger partial charge in [-0.2, -0.15) is 0 Å². The van der Waals surface area contributed by atoms with Crippen molar-refractivity contribution in [2.45, 2.75) is 0 Å². The minimum Gasteiger partial charge on any atom is -0.388 e. The Kier molecular flexibility index (Phi) is 2.55. The largest absolute Gasteiger partial charge is 0.388 e. The topological polar surface area (TPSA) is 61.9 Å². The van der Waals surface area contributed by atoms with E-state index < -0.39 is 0 Å². The smallest absolute Gasteiger partial charge is 0.124 e. The molecule has 1 aromatic carbocycles. The number of benzene rings is 1. The number of nitrogens with two attached hydrogens (primary N) is 1. The molecule has 4 N–H and O–H groups in total. The predicted molar refractivity (Wildman–Crippen MR) is 52.0 cm³/mol. The zero-order chi connectivity index (χ0) is 9.14. The highest BCUT2D eigenvalue weighted by Gasteiger charge is 2.02. The lowest BCUT2D eigenvalue weighted by atomic mass is 10.2. The molecule has 1 aromatic rings. The van der Waals surface area contributed by atoms with Crippen LogP contribution in [0.25, 0.3) is 0 Å². The number of anilines is 1. The molecule has 0 bridgehead atoms. The molecule has 0 spiro atoms. The first kappa shape index (κ1) is 8.87. The Morgan fingerprint density at radius 2 is 2.25 bits per heavy atom. The van der Waals surface area contributed by atoms with Gasteiger partial charge in [0.25, 0.3) is 0 Å². The van der Waals surface area contributed by atoms with Crippen LogP contribution in [0.1, 0.15) is 5.56 Å². The molecule has 0 amide bonds. The Balaban J connectivity index is 3.12. The van der Waals surface area contributed by atoms with E-state index >= 15 is 0 Å². The Bertz CT molecular complexity index is 309. The molecule has 64 valence electrons. The van der Waals surface area contributed by atoms with E-state index in [1.165, 1.54) is 0 Å². The second-order valence-corrected chi connectivity index (χ2v) is 2.77. The minimum absolute atomic E-state index is 0.0114. The van der Waals surface area contributed by atoms with E-state index in [4.69, 9.17) is 22.7 Å². The van der Waals surface area contributed by atoms with Gasteiger partial charge in [0.1, 0.15) is 5.84 Å². The fraction of sp³-hybridized carbons (Fsp3) is 0.125. The van der Waals surface area contributed by atoms with Gasteiger partial charge in [-0.3, -0.25) is 5.41 Å². The van der Waals surface area contributed by atoms with Crippen LogP contribution in [-0.4, -0.2) is 12.9 Å². The second kappa shape index (κ2) is 3.45. The molecule has 0 aliphatic carbocycles. The van der Waals surface area contributed by atoms with E-state index in [1.807, 2.05) is 6.07 Å². The molecule has 0 saturated heterocycles. The molecule has 4 heteroatoms. The number of nitrogen functional groups attached to an aromatic ring is 1. The van der Waals surface area contributed by atoms with Crippen molar-refractivity contribution < 1.29 is 0 Å². The van der Waals surface area contributed by atoms with Crippen molar-refractivity contribution in [3.63, 3.8) is 0 Å². The highest BCUT2D eigenvalue weighted by atomic mass is 35.5. The molecule has 0 aliphatic rings. The molecule has 0 aliphatic heterocycles. The summed E-state index contributed by atoms with van der Waals surface area (Å²) in [5, 5.41) is 10.6. The molecule has 0 radical (unpaired) electrons. The van der Waals surface area contributed by atoms with Crippen molar-refractivity contribution in [3.8, 4) is 0 Å². The zero-order valence-corrected chi connectivity index (χ0v) is 7.44. The SMILES string of the molecule is CNc1ccc(C(=N)N)c(Cl)c1. The van der Waals surface area contributed by atoms with Gasteiger partial charge in [0.15, 0.2) is 0 Å². The van der Waals surface area contributed by atoms with Gasteiger partial charge >= 0.3 is 0 Å². The van der Waals surface area contributed by atoms with E-state index in [0.717, 1.165) is 5.69 Å². The van der Waals surface area contributed by atoms with E-state index in [-0.39, 0.29) is 5.84 Å². The fourth-order valence-electron chi connectivity index (χ4n) is 0.889. The monoisotopic (exact) mass is 183 g/mol. The summed E-state index contributed by atoms with van der Waals surface area (Å²) < 4.78 is 0. The third-order valence-electron chi connectivity index (χ3n) is 1.55. The van der Waals surface area contributed by atoms with Gasteiger partial charge in [-0.25, -0.2) is 0 Å². The van der Waals surface area contributed by atoms with Crippen LogP contribution in [0.2, 0.25) is 5.02 Å². The third-order valence-corrected chi connectivity index (χ3v) is 1.86. The van der Waals surface area contributed by atoms with Gasteiger partial charge in [-0.05, 0) is 18.2 Å². The molecular formula is C8H10ClN3. The lowest BCUT2D eigenvalue weighted by Gasteiger charge is -2.04. The summed E-state index contributed by atoms with van der Waals surface area (Å²) in [6.45, 7) is 0. The van der Waals surface area contributed by atoms with Crippen LogP contribution in [0, 0.1) is 5.41 Å². The second-order valence-electron chi connectivity index (χ2n) is 2.36. The van der Waals surface area contributed by atoms with Gasteiger partial charge in [0.05, 0.1) is 5.02 Å². The Hall–Kier alpha value is -1.22. The van der Waals surface area contributed by atoms with Crippen LogP contribution >= 0.6 is 11.6 Å². The van der Waals surface area contributed by atoms with Crippen molar-refractivity contribution in [1.29, 1.82) is 5.41 Å². The van der Waals surface area contributed by atoms with E-state index in [9.17, 15) is 0 Å². The summed E-state index contributed by atoms with van der Waals surface area (Å²) in [4.78, 5) is 0. The highest BCUT2D eigenvalue weighted by Crippen LogP contribution is 2.19. The average molecular weight is 184 g/mol. The first-order valence-corrected chi connectivity index (χ1v) is 3.84. The molecule has 0 aromatic heterocycles. The van der Waals surface area contributed by atoms with Crippen LogP contribution in [-0.2, 0) is 0 Å². The summed E-state index contributed by atoms with van der Waals surface area (Å²) in [5.41, 5.74) is 6.76. The molecule has 12 heavy (non-hydrogen) atoms. The summed E-state index contributed by atoms with van der Waals surface area (Å²) in [7, 11) is 1.80. The van der Waals surface area contributed by atoms with Crippen molar-refractivity contribution in [1.82, 2.24) is 0 Å². The number of rotatable bonds is 2. The molecule has 0 atom stereocenters. The van der Waals surface area contributed by atoms with Gasteiger partial charge in [-0.15, -0.1) is 0 Å². The first-order chi connectivity index (χ1) is 5.65. The maximum atomic E-state index is 7.18. The number of hydrogen-bond donors (Lipinski definition) is 3. The first-order valence-electron chi connectivity index (χ1n) is 3.47. The van der Waals surface area contributed by atoms with Crippen LogP contribution in [0.15, 0.2) is 18.2 Å². The number of halogens is 1. The predicted octanol–water partition coefficient (Wildman–Crippen LogP) is 1.67. The van der Waals surface area contributed by atoms with Crippen LogP contribution < -0.4 is 11.1 Å². The standard InChI is InChI=1S/C8H10ClN3/c1-12-5-2-3-6(8(10)11)7(9)4-5/h2-4,12H,1H3,(H3,10,11). The van der Waals surface area contributed by atoms with Gasteiger partial charge in [0.2, 0.25) is 0 Å². The Morgan fingerprint density at radius 1 is 1.58 bits per heavy atom. The van der Waals surface area contributed by atoms with Gasteiger partial charge < -0.3 is 11.1 Å². The van der Waals surface area contributed by atoms with E-state index in [0.29, 0.717) is 10.6 Å². The molecule has 0 heterocycles. The van der Waals surface area contributed by atoms with Crippen molar-refractivity contribution >= 4 is 23.1 Å². The number of amidine groups is 1. The molecule has 0 unspecified atom stereocenters. The quantitative estimate of drug-likeness (QED) is 0.483. The highest BCUT2D eigenvalue weighted by molar-refractivity contribution is 6.34. The summed E-state index contributed by atoms with van der Waals surface area (Å²) in [6.07, 6.45) is 0. The van der Waals surface area contributed by atoms with Crippen molar-refractivity contribution in [2.75, 3.05) is 12.4 Å².